The number of nitrogens with zero attached hydrogens (tertiary/aromatic N) is 2. The Bertz CT molecular complexity index is 792. The van der Waals surface area contributed by atoms with Crippen LogP contribution in [0.15, 0.2) is 22.7 Å². The van der Waals surface area contributed by atoms with Gasteiger partial charge in [0.25, 0.3) is 0 Å². The molecule has 1 saturated carbocycles. The minimum Gasteiger partial charge on any atom is -0.493 e. The van der Waals surface area contributed by atoms with Crippen molar-refractivity contribution in [2.75, 3.05) is 27.3 Å². The lowest BCUT2D eigenvalue weighted by Crippen LogP contribution is -2.18. The molecule has 1 saturated heterocycles. The van der Waals surface area contributed by atoms with E-state index in [0.29, 0.717) is 29.8 Å². The Morgan fingerprint density at radius 2 is 1.72 bits per heavy atom. The van der Waals surface area contributed by atoms with Crippen molar-refractivity contribution in [2.24, 2.45) is 0 Å². The molecule has 0 bridgehead atoms. The van der Waals surface area contributed by atoms with Crippen LogP contribution >= 0.6 is 0 Å². The summed E-state index contributed by atoms with van der Waals surface area (Å²) in [4.78, 5) is 2.46. The van der Waals surface area contributed by atoms with Crippen LogP contribution in [0.1, 0.15) is 67.9 Å². The van der Waals surface area contributed by atoms with E-state index in [2.05, 4.69) is 16.1 Å². The quantitative estimate of drug-likeness (QED) is 0.627. The zero-order valence-electron chi connectivity index (χ0n) is 17.6. The van der Waals surface area contributed by atoms with Crippen molar-refractivity contribution in [3.63, 3.8) is 0 Å². The maximum atomic E-state index is 6.11. The molecular weight excluding hydrogens is 368 g/mol. The van der Waals surface area contributed by atoms with Crippen molar-refractivity contribution in [3.8, 4) is 17.2 Å². The molecule has 2 fully saturated rings. The average Bonchev–Trinajstić information content (AvgIpc) is 3.44. The number of benzene rings is 1. The van der Waals surface area contributed by atoms with Crippen LogP contribution in [0.5, 0.6) is 17.2 Å². The van der Waals surface area contributed by atoms with Gasteiger partial charge in [0.15, 0.2) is 17.3 Å². The van der Waals surface area contributed by atoms with E-state index in [0.717, 1.165) is 31.1 Å². The first-order chi connectivity index (χ1) is 14.3. The minimum atomic E-state index is 0.326. The molecule has 1 aromatic heterocycles. The van der Waals surface area contributed by atoms with Gasteiger partial charge in [0.05, 0.1) is 19.9 Å². The SMILES string of the molecule is COc1cc(CN2CCCC2)cc(OCc2cc(C3CCCCC3)no2)c1OC. The van der Waals surface area contributed by atoms with E-state index in [1.807, 2.05) is 12.1 Å². The van der Waals surface area contributed by atoms with Gasteiger partial charge in [-0.05, 0) is 56.5 Å². The fourth-order valence-corrected chi connectivity index (χ4v) is 4.52. The number of hydrogen-bond donors (Lipinski definition) is 0. The third kappa shape index (κ3) is 4.86. The van der Waals surface area contributed by atoms with Crippen LogP contribution in [0.2, 0.25) is 0 Å². The minimum absolute atomic E-state index is 0.326. The summed E-state index contributed by atoms with van der Waals surface area (Å²) in [6.45, 7) is 3.51. The van der Waals surface area contributed by atoms with Crippen LogP contribution in [0, 0.1) is 0 Å². The Labute approximate surface area is 173 Å². The molecule has 0 amide bonds. The Hall–Kier alpha value is -2.21. The molecule has 1 aliphatic carbocycles. The molecule has 29 heavy (non-hydrogen) atoms. The normalized spacial score (nSPS) is 18.1. The summed E-state index contributed by atoms with van der Waals surface area (Å²) in [5, 5.41) is 4.30. The summed E-state index contributed by atoms with van der Waals surface area (Å²) >= 11 is 0. The maximum Gasteiger partial charge on any atom is 0.203 e. The van der Waals surface area contributed by atoms with E-state index in [1.54, 1.807) is 14.2 Å². The summed E-state index contributed by atoms with van der Waals surface area (Å²) in [5.41, 5.74) is 2.23. The van der Waals surface area contributed by atoms with Gasteiger partial charge in [0.1, 0.15) is 6.61 Å². The van der Waals surface area contributed by atoms with Crippen LogP contribution < -0.4 is 14.2 Å². The monoisotopic (exact) mass is 400 g/mol. The first kappa shape index (κ1) is 20.1. The van der Waals surface area contributed by atoms with E-state index >= 15 is 0 Å². The Morgan fingerprint density at radius 1 is 0.966 bits per heavy atom. The largest absolute Gasteiger partial charge is 0.493 e. The third-order valence-electron chi connectivity index (χ3n) is 6.08. The zero-order valence-corrected chi connectivity index (χ0v) is 17.6. The lowest BCUT2D eigenvalue weighted by molar-refractivity contribution is 0.233. The predicted octanol–water partition coefficient (Wildman–Crippen LogP) is 4.91. The highest BCUT2D eigenvalue weighted by molar-refractivity contribution is 5.54. The second kappa shape index (κ2) is 9.53. The number of aromatic nitrogens is 1. The molecule has 1 aliphatic heterocycles. The second-order valence-electron chi connectivity index (χ2n) is 8.15. The molecule has 158 valence electrons. The zero-order chi connectivity index (χ0) is 20.1. The van der Waals surface area contributed by atoms with Gasteiger partial charge in [0, 0.05) is 18.5 Å². The smallest absolute Gasteiger partial charge is 0.203 e. The third-order valence-corrected chi connectivity index (χ3v) is 6.08. The van der Waals surface area contributed by atoms with Crippen LogP contribution in [0.25, 0.3) is 0 Å². The molecule has 0 spiro atoms. The van der Waals surface area contributed by atoms with Gasteiger partial charge in [-0.1, -0.05) is 24.4 Å². The number of likely N-dealkylation sites (tertiary alicyclic amines) is 1. The molecule has 1 aromatic carbocycles. The fraction of sp³-hybridized carbons (Fsp3) is 0.609. The molecule has 2 aliphatic rings. The highest BCUT2D eigenvalue weighted by Gasteiger charge is 2.21. The fourth-order valence-electron chi connectivity index (χ4n) is 4.52. The molecule has 2 heterocycles. The lowest BCUT2D eigenvalue weighted by atomic mass is 9.87. The number of methoxy groups -OCH3 is 2. The average molecular weight is 401 g/mol. The molecule has 6 heteroatoms. The van der Waals surface area contributed by atoms with Gasteiger partial charge in [0.2, 0.25) is 5.75 Å². The van der Waals surface area contributed by atoms with Gasteiger partial charge in [-0.2, -0.15) is 0 Å². The van der Waals surface area contributed by atoms with Gasteiger partial charge >= 0.3 is 0 Å². The van der Waals surface area contributed by atoms with Gasteiger partial charge in [-0.15, -0.1) is 0 Å². The van der Waals surface area contributed by atoms with E-state index in [4.69, 9.17) is 18.7 Å². The summed E-state index contributed by atoms with van der Waals surface area (Å²) in [7, 11) is 3.30. The maximum absolute atomic E-state index is 6.11. The first-order valence-electron chi connectivity index (χ1n) is 10.8. The summed E-state index contributed by atoms with van der Waals surface area (Å²) in [5.74, 6) is 3.26. The second-order valence-corrected chi connectivity index (χ2v) is 8.15. The van der Waals surface area contributed by atoms with Crippen molar-refractivity contribution < 1.29 is 18.7 Å². The van der Waals surface area contributed by atoms with Crippen molar-refractivity contribution >= 4 is 0 Å². The van der Waals surface area contributed by atoms with Crippen molar-refractivity contribution in [3.05, 3.63) is 35.2 Å². The van der Waals surface area contributed by atoms with Crippen LogP contribution in [-0.4, -0.2) is 37.4 Å². The molecule has 0 N–H and O–H groups in total. The summed E-state index contributed by atoms with van der Waals surface area (Å²) in [6.07, 6.45) is 8.85. The topological polar surface area (TPSA) is 57.0 Å². The number of hydrogen-bond acceptors (Lipinski definition) is 6. The Balaban J connectivity index is 1.47. The number of rotatable bonds is 8. The van der Waals surface area contributed by atoms with E-state index in [1.165, 1.54) is 50.5 Å². The summed E-state index contributed by atoms with van der Waals surface area (Å²) in [6, 6.07) is 6.14. The molecule has 6 nitrogen and oxygen atoms in total. The first-order valence-corrected chi connectivity index (χ1v) is 10.8. The Kier molecular flexibility index (Phi) is 6.60. The molecule has 0 atom stereocenters. The standard InChI is InChI=1S/C23H32N2O4/c1-26-21-12-17(15-25-10-6-7-11-25)13-22(23(21)27-2)28-16-19-14-20(24-29-19)18-8-4-3-5-9-18/h12-14,18H,3-11,15-16H2,1-2H3. The van der Waals surface area contributed by atoms with E-state index in [-0.39, 0.29) is 0 Å². The van der Waals surface area contributed by atoms with Crippen molar-refractivity contribution in [1.29, 1.82) is 0 Å². The van der Waals surface area contributed by atoms with E-state index < -0.39 is 0 Å². The van der Waals surface area contributed by atoms with Gasteiger partial charge < -0.3 is 18.7 Å². The van der Waals surface area contributed by atoms with Crippen LogP contribution in [0.4, 0.5) is 0 Å². The molecule has 2 aromatic rings. The van der Waals surface area contributed by atoms with Crippen molar-refractivity contribution in [1.82, 2.24) is 10.1 Å². The van der Waals surface area contributed by atoms with E-state index in [9.17, 15) is 0 Å². The molecular formula is C23H32N2O4. The van der Waals surface area contributed by atoms with Gasteiger partial charge in [-0.25, -0.2) is 0 Å². The summed E-state index contributed by atoms with van der Waals surface area (Å²) < 4.78 is 22.8. The molecule has 4 rings (SSSR count). The molecule has 0 unspecified atom stereocenters. The Morgan fingerprint density at radius 3 is 2.45 bits per heavy atom. The van der Waals surface area contributed by atoms with Crippen LogP contribution in [0.3, 0.4) is 0 Å². The highest BCUT2D eigenvalue weighted by atomic mass is 16.5. The van der Waals surface area contributed by atoms with Crippen molar-refractivity contribution in [2.45, 2.75) is 64.0 Å². The highest BCUT2D eigenvalue weighted by Crippen LogP contribution is 2.39. The predicted molar refractivity (Wildman–Crippen MR) is 111 cm³/mol. The molecule has 0 radical (unpaired) electrons. The van der Waals surface area contributed by atoms with Gasteiger partial charge in [-0.3, -0.25) is 4.90 Å². The number of ether oxygens (including phenoxy) is 3. The lowest BCUT2D eigenvalue weighted by Gasteiger charge is -2.19. The van der Waals surface area contributed by atoms with Crippen LogP contribution in [-0.2, 0) is 13.2 Å².